The fraction of sp³-hybridized carbons (Fsp3) is 0.400. The maximum Gasteiger partial charge on any atom is 0.371 e. The zero-order valence-corrected chi connectivity index (χ0v) is 8.69. The first-order valence-electron chi connectivity index (χ1n) is 4.64. The third-order valence-electron chi connectivity index (χ3n) is 1.93. The van der Waals surface area contributed by atoms with Crippen LogP contribution in [0.5, 0.6) is 0 Å². The number of nitrogens with zero attached hydrogens (tertiary/aromatic N) is 1. The fourth-order valence-electron chi connectivity index (χ4n) is 1.19. The van der Waals surface area contributed by atoms with Gasteiger partial charge in [0, 0.05) is 13.6 Å². The van der Waals surface area contributed by atoms with E-state index in [0.717, 1.165) is 6.42 Å². The standard InChI is InChI=1S/C10H13NO4/c1-3-6-11(2)9(12)7-4-5-8(15-7)10(13)14/h4-5H,3,6H2,1-2H3,(H,13,14). The third kappa shape index (κ3) is 2.59. The first-order valence-corrected chi connectivity index (χ1v) is 4.64. The molecule has 0 bridgehead atoms. The Labute approximate surface area is 87.3 Å². The largest absolute Gasteiger partial charge is 0.475 e. The molecule has 0 aliphatic carbocycles. The second-order valence-corrected chi connectivity index (χ2v) is 3.20. The Balaban J connectivity index is 2.78. The van der Waals surface area contributed by atoms with Gasteiger partial charge in [0.15, 0.2) is 5.76 Å². The number of carbonyl (C=O) groups is 2. The smallest absolute Gasteiger partial charge is 0.371 e. The van der Waals surface area contributed by atoms with Crippen LogP contribution in [0.15, 0.2) is 16.5 Å². The number of carboxylic acid groups (broad SMARTS) is 1. The number of hydrogen-bond acceptors (Lipinski definition) is 3. The fourth-order valence-corrected chi connectivity index (χ4v) is 1.19. The summed E-state index contributed by atoms with van der Waals surface area (Å²) in [7, 11) is 1.65. The molecule has 0 fully saturated rings. The lowest BCUT2D eigenvalue weighted by Crippen LogP contribution is -2.26. The molecule has 0 unspecified atom stereocenters. The Hall–Kier alpha value is -1.78. The second kappa shape index (κ2) is 4.63. The van der Waals surface area contributed by atoms with E-state index in [-0.39, 0.29) is 17.4 Å². The van der Waals surface area contributed by atoms with Crippen molar-refractivity contribution in [1.82, 2.24) is 4.90 Å². The van der Waals surface area contributed by atoms with E-state index in [9.17, 15) is 9.59 Å². The summed E-state index contributed by atoms with van der Waals surface area (Å²) in [4.78, 5) is 23.6. The van der Waals surface area contributed by atoms with Crippen LogP contribution in [0.3, 0.4) is 0 Å². The summed E-state index contributed by atoms with van der Waals surface area (Å²) in [6.45, 7) is 2.57. The van der Waals surface area contributed by atoms with Crippen molar-refractivity contribution in [3.63, 3.8) is 0 Å². The average molecular weight is 211 g/mol. The molecule has 1 rings (SSSR count). The Kier molecular flexibility index (Phi) is 3.49. The number of carboxylic acids is 1. The summed E-state index contributed by atoms with van der Waals surface area (Å²) in [6.07, 6.45) is 0.842. The maximum absolute atomic E-state index is 11.6. The van der Waals surface area contributed by atoms with E-state index in [1.54, 1.807) is 7.05 Å². The van der Waals surface area contributed by atoms with Crippen LogP contribution in [0.1, 0.15) is 34.5 Å². The minimum Gasteiger partial charge on any atom is -0.475 e. The second-order valence-electron chi connectivity index (χ2n) is 3.20. The highest BCUT2D eigenvalue weighted by Gasteiger charge is 2.17. The van der Waals surface area contributed by atoms with Crippen molar-refractivity contribution in [1.29, 1.82) is 0 Å². The first kappa shape index (κ1) is 11.3. The molecule has 1 N–H and O–H groups in total. The number of furan rings is 1. The van der Waals surface area contributed by atoms with Gasteiger partial charge in [0.2, 0.25) is 5.76 Å². The normalized spacial score (nSPS) is 10.0. The lowest BCUT2D eigenvalue weighted by molar-refractivity contribution is 0.0654. The minimum atomic E-state index is -1.17. The molecule has 0 radical (unpaired) electrons. The molecule has 0 atom stereocenters. The van der Waals surface area contributed by atoms with E-state index < -0.39 is 5.97 Å². The molecule has 0 spiro atoms. The summed E-state index contributed by atoms with van der Waals surface area (Å²) < 4.78 is 4.88. The van der Waals surface area contributed by atoms with Crippen molar-refractivity contribution in [2.75, 3.05) is 13.6 Å². The molecule has 0 saturated heterocycles. The van der Waals surface area contributed by atoms with Crippen molar-refractivity contribution in [3.05, 3.63) is 23.7 Å². The van der Waals surface area contributed by atoms with Crippen LogP contribution >= 0.6 is 0 Å². The highest BCUT2D eigenvalue weighted by molar-refractivity contribution is 5.93. The van der Waals surface area contributed by atoms with E-state index in [2.05, 4.69) is 0 Å². The van der Waals surface area contributed by atoms with Crippen molar-refractivity contribution in [2.24, 2.45) is 0 Å². The van der Waals surface area contributed by atoms with Gasteiger partial charge in [0.05, 0.1) is 0 Å². The van der Waals surface area contributed by atoms with E-state index in [4.69, 9.17) is 9.52 Å². The lowest BCUT2D eigenvalue weighted by atomic mass is 10.3. The molecule has 0 saturated carbocycles. The van der Waals surface area contributed by atoms with Crippen molar-refractivity contribution < 1.29 is 19.1 Å². The molecule has 1 aromatic heterocycles. The Morgan fingerprint density at radius 2 is 2.00 bits per heavy atom. The first-order chi connectivity index (χ1) is 7.06. The van der Waals surface area contributed by atoms with Gasteiger partial charge in [0.25, 0.3) is 5.91 Å². The summed E-state index contributed by atoms with van der Waals surface area (Å²) in [5.74, 6) is -1.64. The summed E-state index contributed by atoms with van der Waals surface area (Å²) in [5.41, 5.74) is 0. The molecule has 82 valence electrons. The van der Waals surface area contributed by atoms with Crippen LogP contribution in [-0.4, -0.2) is 35.5 Å². The van der Waals surface area contributed by atoms with Gasteiger partial charge in [0.1, 0.15) is 0 Å². The van der Waals surface area contributed by atoms with Crippen molar-refractivity contribution in [2.45, 2.75) is 13.3 Å². The summed E-state index contributed by atoms with van der Waals surface area (Å²) in [6, 6.07) is 2.65. The molecule has 5 heteroatoms. The number of rotatable bonds is 4. The van der Waals surface area contributed by atoms with Gasteiger partial charge in [-0.3, -0.25) is 4.79 Å². The molecule has 1 amide bonds. The predicted molar refractivity (Wildman–Crippen MR) is 52.9 cm³/mol. The van der Waals surface area contributed by atoms with Gasteiger partial charge in [-0.25, -0.2) is 4.79 Å². The van der Waals surface area contributed by atoms with Gasteiger partial charge in [-0.2, -0.15) is 0 Å². The molecule has 0 aliphatic heterocycles. The molecule has 5 nitrogen and oxygen atoms in total. The Morgan fingerprint density at radius 3 is 2.47 bits per heavy atom. The third-order valence-corrected chi connectivity index (χ3v) is 1.93. The summed E-state index contributed by atoms with van der Waals surface area (Å²) in [5, 5.41) is 8.60. The van der Waals surface area contributed by atoms with Crippen LogP contribution in [0.25, 0.3) is 0 Å². The quantitative estimate of drug-likeness (QED) is 0.818. The van der Waals surface area contributed by atoms with Crippen LogP contribution < -0.4 is 0 Å². The Morgan fingerprint density at radius 1 is 1.40 bits per heavy atom. The minimum absolute atomic E-state index is 0.0587. The van der Waals surface area contributed by atoms with E-state index in [0.29, 0.717) is 6.54 Å². The molecule has 1 aromatic rings. The Bertz CT molecular complexity index is 369. The SMILES string of the molecule is CCCN(C)C(=O)c1ccc(C(=O)O)o1. The zero-order valence-electron chi connectivity index (χ0n) is 8.69. The molecule has 1 heterocycles. The number of amides is 1. The van der Waals surface area contributed by atoms with Gasteiger partial charge >= 0.3 is 5.97 Å². The number of carbonyl (C=O) groups excluding carboxylic acids is 1. The van der Waals surface area contributed by atoms with E-state index in [1.165, 1.54) is 17.0 Å². The average Bonchev–Trinajstić information content (AvgIpc) is 2.65. The van der Waals surface area contributed by atoms with Gasteiger partial charge in [-0.1, -0.05) is 6.92 Å². The van der Waals surface area contributed by atoms with Crippen LogP contribution in [-0.2, 0) is 0 Å². The molecule has 0 aromatic carbocycles. The molecular weight excluding hydrogens is 198 g/mol. The highest BCUT2D eigenvalue weighted by Crippen LogP contribution is 2.10. The predicted octanol–water partition coefficient (Wildman–Crippen LogP) is 1.46. The maximum atomic E-state index is 11.6. The van der Waals surface area contributed by atoms with E-state index >= 15 is 0 Å². The van der Waals surface area contributed by atoms with Crippen LogP contribution in [0.2, 0.25) is 0 Å². The topological polar surface area (TPSA) is 70.8 Å². The van der Waals surface area contributed by atoms with Gasteiger partial charge in [-0.05, 0) is 18.6 Å². The van der Waals surface area contributed by atoms with Crippen LogP contribution in [0.4, 0.5) is 0 Å². The van der Waals surface area contributed by atoms with Crippen molar-refractivity contribution in [3.8, 4) is 0 Å². The number of hydrogen-bond donors (Lipinski definition) is 1. The highest BCUT2D eigenvalue weighted by atomic mass is 16.4. The van der Waals surface area contributed by atoms with Crippen LogP contribution in [0, 0.1) is 0 Å². The van der Waals surface area contributed by atoms with Gasteiger partial charge in [-0.15, -0.1) is 0 Å². The molecule has 15 heavy (non-hydrogen) atoms. The monoisotopic (exact) mass is 211 g/mol. The van der Waals surface area contributed by atoms with Crippen molar-refractivity contribution >= 4 is 11.9 Å². The number of aromatic carboxylic acids is 1. The zero-order chi connectivity index (χ0) is 11.4. The molecular formula is C10H13NO4. The summed E-state index contributed by atoms with van der Waals surface area (Å²) >= 11 is 0. The lowest BCUT2D eigenvalue weighted by Gasteiger charge is -2.13. The van der Waals surface area contributed by atoms with E-state index in [1.807, 2.05) is 6.92 Å². The molecule has 0 aliphatic rings. The van der Waals surface area contributed by atoms with Gasteiger partial charge < -0.3 is 14.4 Å².